The standard InChI is InChI=1S/C38H52Cl3N5O8.C22H28N2O4.C16H26Cl3N3O5.C16H12N2O7.CH4/c1-22(43-34(51)54-36(6,7)8)26-16-15-25-14-13-24(20-28(25)44-26)17-18-37(9,10)33(50)53-29(35(3,4)5)30(47)42-23(2)31(48)46-19-11-12-27(45-46)32(49)52-21-38(39,40)41;1-14(23-20(27)28-21(2,3)4)17-10-9-16-8-7-15(13-18(16)24-17)11-12-22(5,6)19(25)26;1-9(20-12(24)11(23)15(2,3)4)13(25)22-7-5-6-10(21-22)14(26)27-8-16(17,18)19;1-9-5-3-7-11(17(21)22)13(9)15(19)25-16(20)14-10(2)6-4-8-12(14)18(23)24;/h13-18,20,22-23,27,29,45H,11-12,19,21H2,1-10H3,(H,42,47)(H,43,51);7-14H,1-6H3,(H,23,27)(H,25,26);9-11,21,23H,5-8H2,1-4H3,(H,20,24);3-8H,1-2H3;1H4/b18-17+;12-11+;;;/t22-,23+,27+,29-;14-;9-,10-,11+;;/m110../s1. The summed E-state index contributed by atoms with van der Waals surface area (Å²) in [7, 11) is 0. The van der Waals surface area contributed by atoms with Crippen LogP contribution in [0.4, 0.5) is 21.0 Å². The Morgan fingerprint density at radius 1 is 0.526 bits per heavy atom. The number of carbonyl (C=O) groups excluding carboxylic acids is 11. The molecule has 6 amide bonds. The Morgan fingerprint density at radius 3 is 1.23 bits per heavy atom. The van der Waals surface area contributed by atoms with Gasteiger partial charge in [-0.1, -0.05) is 204 Å². The lowest BCUT2D eigenvalue weighted by molar-refractivity contribution is -0.385. The van der Waals surface area contributed by atoms with E-state index in [-0.39, 0.29) is 42.3 Å². The van der Waals surface area contributed by atoms with Crippen molar-refractivity contribution in [3.63, 3.8) is 0 Å². The Balaban J connectivity index is 0.000000400. The van der Waals surface area contributed by atoms with E-state index in [0.29, 0.717) is 49.1 Å². The number of aliphatic carboxylic acids is 1. The minimum atomic E-state index is -1.78. The molecule has 42 heteroatoms. The first-order valence-electron chi connectivity index (χ1n) is 42.4. The third-order valence-electron chi connectivity index (χ3n) is 19.8. The van der Waals surface area contributed by atoms with E-state index >= 15 is 0 Å². The molecule has 740 valence electrons. The average Bonchev–Trinajstić information content (AvgIpc) is 0.790. The molecule has 0 radical (unpaired) electrons. The third kappa shape index (κ3) is 37.6. The highest BCUT2D eigenvalue weighted by Crippen LogP contribution is 2.34. The van der Waals surface area contributed by atoms with Crippen LogP contribution in [0.2, 0.25) is 0 Å². The summed E-state index contributed by atoms with van der Waals surface area (Å²) in [4.78, 5) is 180. The third-order valence-corrected chi connectivity index (χ3v) is 20.4. The van der Waals surface area contributed by atoms with Gasteiger partial charge in [0.05, 0.1) is 55.2 Å². The normalized spacial score (nSPS) is 15.7. The highest BCUT2D eigenvalue weighted by atomic mass is 35.6. The van der Waals surface area contributed by atoms with Crippen LogP contribution in [0.25, 0.3) is 34.0 Å². The van der Waals surface area contributed by atoms with Crippen molar-refractivity contribution < 1.29 is 106 Å². The number of alkyl carbamates (subject to hydrolysis) is 2. The second-order valence-corrected chi connectivity index (χ2v) is 42.1. The van der Waals surface area contributed by atoms with Gasteiger partial charge in [-0.15, -0.1) is 0 Å². The number of aryl methyl sites for hydroxylation is 2. The molecule has 2 fully saturated rings. The van der Waals surface area contributed by atoms with Gasteiger partial charge in [0.15, 0.2) is 6.10 Å². The van der Waals surface area contributed by atoms with E-state index in [1.54, 1.807) is 114 Å². The minimum absolute atomic E-state index is 0. The summed E-state index contributed by atoms with van der Waals surface area (Å²) in [6.07, 6.45) is 5.25. The molecule has 8 rings (SSSR count). The van der Waals surface area contributed by atoms with Gasteiger partial charge in [0, 0.05) is 41.4 Å². The van der Waals surface area contributed by atoms with E-state index in [4.69, 9.17) is 98.3 Å². The summed E-state index contributed by atoms with van der Waals surface area (Å²) in [6, 6.07) is 22.6. The molecule has 0 aliphatic carbocycles. The molecule has 2 aliphatic heterocycles. The number of aliphatic hydroxyl groups excluding tert-OH is 1. The summed E-state index contributed by atoms with van der Waals surface area (Å²) in [5, 5.41) is 56.4. The number of benzene rings is 4. The molecule has 36 nitrogen and oxygen atoms in total. The van der Waals surface area contributed by atoms with Gasteiger partial charge >= 0.3 is 48.0 Å². The van der Waals surface area contributed by atoms with E-state index in [9.17, 15) is 88.0 Å². The zero-order valence-corrected chi connectivity index (χ0v) is 83.2. The number of amides is 6. The average molecular weight is 2000 g/mol. The lowest BCUT2D eigenvalue weighted by Crippen LogP contribution is -2.60. The summed E-state index contributed by atoms with van der Waals surface area (Å²) in [5.41, 5.74) is 3.95. The first-order valence-corrected chi connectivity index (χ1v) is 44.6. The van der Waals surface area contributed by atoms with Crippen LogP contribution in [-0.4, -0.2) is 193 Å². The second kappa shape index (κ2) is 49.2. The van der Waals surface area contributed by atoms with E-state index in [2.05, 4.69) is 41.8 Å². The number of aliphatic hydroxyl groups is 1. The number of hydrogen-bond donors (Lipinski definition) is 8. The number of nitro benzene ring substituents is 2. The number of pyridine rings is 2. The van der Waals surface area contributed by atoms with Crippen LogP contribution < -0.4 is 32.1 Å². The number of esters is 5. The topological polar surface area (TPSA) is 491 Å². The monoisotopic (exact) mass is 2000 g/mol. The van der Waals surface area contributed by atoms with Gasteiger partial charge < -0.3 is 59.9 Å². The number of halogens is 6. The van der Waals surface area contributed by atoms with E-state index in [0.717, 1.165) is 39.5 Å². The maximum Gasteiger partial charge on any atom is 0.408 e. The number of ether oxygens (including phenoxy) is 6. The van der Waals surface area contributed by atoms with Gasteiger partial charge in [0.2, 0.25) is 13.5 Å². The Morgan fingerprint density at radius 2 is 0.889 bits per heavy atom. The largest absolute Gasteiger partial charge is 0.481 e. The van der Waals surface area contributed by atoms with Gasteiger partial charge in [0.25, 0.3) is 29.1 Å². The quantitative estimate of drug-likeness (QED) is 0.00659. The molecular formula is C93H122Cl6N12O24. The number of hydrazine groups is 2. The van der Waals surface area contributed by atoms with Crippen LogP contribution in [0, 0.1) is 55.7 Å². The fraction of sp³-hybridized carbons (Fsp3) is 0.505. The van der Waals surface area contributed by atoms with Crippen LogP contribution in [0.1, 0.15) is 238 Å². The molecule has 0 bridgehead atoms. The molecule has 4 heterocycles. The predicted octanol–water partition coefficient (Wildman–Crippen LogP) is 16.7. The number of hydrogen-bond acceptors (Lipinski definition) is 27. The number of aromatic nitrogens is 2. The molecule has 0 unspecified atom stereocenters. The predicted molar refractivity (Wildman–Crippen MR) is 513 cm³/mol. The maximum absolute atomic E-state index is 13.6. The molecule has 2 aliphatic rings. The molecule has 4 aromatic carbocycles. The summed E-state index contributed by atoms with van der Waals surface area (Å²) >= 11 is 33.7. The molecule has 0 saturated carbocycles. The van der Waals surface area contributed by atoms with Crippen LogP contribution in [0.15, 0.2) is 109 Å². The Labute approximate surface area is 814 Å². The molecule has 0 spiro atoms. The molecule has 6 aromatic rings. The first-order chi connectivity index (χ1) is 61.6. The van der Waals surface area contributed by atoms with Crippen molar-refractivity contribution in [2.45, 2.75) is 253 Å². The van der Waals surface area contributed by atoms with Gasteiger partial charge in [-0.25, -0.2) is 30.0 Å². The number of rotatable bonds is 25. The number of carboxylic acid groups (broad SMARTS) is 1. The second-order valence-electron chi connectivity index (χ2n) is 37.1. The summed E-state index contributed by atoms with van der Waals surface area (Å²) in [6.45, 7) is 37.2. The van der Waals surface area contributed by atoms with Gasteiger partial charge in [0.1, 0.15) is 65.8 Å². The number of nitrogens with zero attached hydrogens (tertiary/aromatic N) is 6. The van der Waals surface area contributed by atoms with Crippen molar-refractivity contribution in [1.29, 1.82) is 0 Å². The Kier molecular flexibility index (Phi) is 42.4. The summed E-state index contributed by atoms with van der Waals surface area (Å²) in [5.74, 6) is -7.58. The number of nitro groups is 2. The van der Waals surface area contributed by atoms with E-state index in [1.165, 1.54) is 62.0 Å². The molecule has 135 heavy (non-hydrogen) atoms. The van der Waals surface area contributed by atoms with E-state index in [1.807, 2.05) is 95.3 Å². The van der Waals surface area contributed by atoms with Crippen LogP contribution in [0.5, 0.6) is 0 Å². The molecule has 8 atom stereocenters. The Bertz CT molecular complexity index is 5290. The lowest BCUT2D eigenvalue weighted by Gasteiger charge is -2.35. The molecular weight excluding hydrogens is 1880 g/mol. The Hall–Kier alpha value is -11.0. The number of nitrogens with one attached hydrogen (secondary N) is 6. The smallest absolute Gasteiger partial charge is 0.408 e. The number of alkyl halides is 6. The van der Waals surface area contributed by atoms with Crippen molar-refractivity contribution in [3.8, 4) is 0 Å². The number of carboxylic acids is 1. The minimum Gasteiger partial charge on any atom is -0.481 e. The highest BCUT2D eigenvalue weighted by molar-refractivity contribution is 6.68. The van der Waals surface area contributed by atoms with Crippen LogP contribution in [0.3, 0.4) is 0 Å². The first kappa shape index (κ1) is 116. The molecule has 2 aromatic heterocycles. The van der Waals surface area contributed by atoms with E-state index < -0.39 is 189 Å². The van der Waals surface area contributed by atoms with Crippen molar-refractivity contribution >= 4 is 187 Å². The zero-order valence-electron chi connectivity index (χ0n) is 78.6. The van der Waals surface area contributed by atoms with Gasteiger partial charge in [-0.2, -0.15) is 0 Å². The SMILES string of the molecule is C.C[C@@H](NC(=O)OC(C)(C)C)c1ccc2ccc(/C=C/C(C)(C)C(=O)O)cc2n1.C[C@H](NC(=O)[C@@H](O)C(C)(C)C)C(=O)N1CCC[C@@H](C(=O)OCC(Cl)(Cl)Cl)N1.C[C@H](NC(=O)[C@@H](OC(=O)C(C)(C)/C=C/c1ccc2ccc([C@@H](C)NC(=O)OC(C)(C)C)nc2c1)C(C)(C)C)C(=O)N1CCC[C@@H](C(=O)OCC(Cl)(Cl)Cl)N1.Cc1cccc([N+](=O)[O-])c1C(=O)OC(=O)c1c(C)cccc1[N+](=O)[O-]. The van der Waals surface area contributed by atoms with Crippen molar-refractivity contribution in [3.05, 3.63) is 174 Å². The van der Waals surface area contributed by atoms with Gasteiger partial charge in [-0.3, -0.25) is 78.6 Å². The zero-order chi connectivity index (χ0) is 102. The fourth-order valence-electron chi connectivity index (χ4n) is 12.4. The van der Waals surface area contributed by atoms with Gasteiger partial charge in [-0.05, 0) is 188 Å². The van der Waals surface area contributed by atoms with Crippen molar-refractivity contribution in [2.75, 3.05) is 26.3 Å². The van der Waals surface area contributed by atoms with Crippen molar-refractivity contribution in [2.24, 2.45) is 21.7 Å². The summed E-state index contributed by atoms with van der Waals surface area (Å²) < 4.78 is 27.7. The fourth-order valence-corrected chi connectivity index (χ4v) is 12.7. The molecule has 8 N–H and O–H groups in total. The van der Waals surface area contributed by atoms with Crippen LogP contribution in [-0.2, 0) is 66.8 Å². The molecule has 2 saturated heterocycles. The maximum atomic E-state index is 13.6. The van der Waals surface area contributed by atoms with Crippen molar-refractivity contribution in [1.82, 2.24) is 52.1 Å². The lowest BCUT2D eigenvalue weighted by atomic mass is 9.87. The highest BCUT2D eigenvalue weighted by Gasteiger charge is 2.43. The number of carbonyl (C=O) groups is 12. The number of fused-ring (bicyclic) bond motifs is 2. The van der Waals surface area contributed by atoms with Crippen LogP contribution >= 0.6 is 69.6 Å².